The highest BCUT2D eigenvalue weighted by Gasteiger charge is 2.53. The number of nitrogens with one attached hydrogen (secondary N) is 2. The standard InChI is InChI=1S/C36H38FN7O3/c1-21-17-40-43(2)33(21)23-8-10-26(11-9-23)41-34(45)32(42-35(46)36(37)12-13-36)31(22-6-7-22)25-5-3-4-24(14-25)29-16-30(39-20-38-29)44-18-28-15-27(44)19-47-28/h3-5,8-11,14,16-17,20,22,27-28,31-32H,6-7,12-13,15,18-19H2,1-2H3,(H,41,45)(H,42,46)/t27-,28-,31+,32-/m0/s1. The van der Waals surface area contributed by atoms with Crippen LogP contribution in [0.25, 0.3) is 22.5 Å². The molecule has 2 saturated carbocycles. The molecule has 0 unspecified atom stereocenters. The summed E-state index contributed by atoms with van der Waals surface area (Å²) in [6, 6.07) is 16.9. The zero-order valence-electron chi connectivity index (χ0n) is 26.5. The van der Waals surface area contributed by atoms with Crippen LogP contribution in [0, 0.1) is 12.8 Å². The number of rotatable bonds is 10. The van der Waals surface area contributed by atoms with Crippen LogP contribution >= 0.6 is 0 Å². The van der Waals surface area contributed by atoms with Gasteiger partial charge in [0.15, 0.2) is 5.67 Å². The van der Waals surface area contributed by atoms with Gasteiger partial charge in [-0.1, -0.05) is 30.3 Å². The number of nitrogens with zero attached hydrogens (tertiary/aromatic N) is 5. The number of aryl methyl sites for hydroxylation is 2. The van der Waals surface area contributed by atoms with Crippen molar-refractivity contribution < 1.29 is 18.7 Å². The van der Waals surface area contributed by atoms with Crippen molar-refractivity contribution in [1.29, 1.82) is 0 Å². The Morgan fingerprint density at radius 1 is 1.06 bits per heavy atom. The molecule has 0 spiro atoms. The fourth-order valence-corrected chi connectivity index (χ4v) is 7.26. The molecule has 11 heteroatoms. The van der Waals surface area contributed by atoms with E-state index in [1.807, 2.05) is 79.4 Å². The van der Waals surface area contributed by atoms with Crippen LogP contribution in [-0.4, -0.2) is 68.6 Å². The van der Waals surface area contributed by atoms with Crippen molar-refractivity contribution in [2.45, 2.75) is 68.8 Å². The Labute approximate surface area is 272 Å². The van der Waals surface area contributed by atoms with Crippen LogP contribution in [0.2, 0.25) is 0 Å². The monoisotopic (exact) mass is 635 g/mol. The maximum Gasteiger partial charge on any atom is 0.258 e. The van der Waals surface area contributed by atoms with E-state index >= 15 is 4.39 Å². The molecule has 2 saturated heterocycles. The number of anilines is 2. The maximum absolute atomic E-state index is 15.0. The highest BCUT2D eigenvalue weighted by Crippen LogP contribution is 2.46. The summed E-state index contributed by atoms with van der Waals surface area (Å²) >= 11 is 0. The number of aromatic nitrogens is 4. The van der Waals surface area contributed by atoms with E-state index in [4.69, 9.17) is 4.74 Å². The largest absolute Gasteiger partial charge is 0.374 e. The van der Waals surface area contributed by atoms with E-state index < -0.39 is 17.6 Å². The molecule has 0 radical (unpaired) electrons. The lowest BCUT2D eigenvalue weighted by atomic mass is 9.85. The highest BCUT2D eigenvalue weighted by molar-refractivity contribution is 6.00. The van der Waals surface area contributed by atoms with E-state index in [1.165, 1.54) is 0 Å². The fraction of sp³-hybridized carbons (Fsp3) is 0.417. The van der Waals surface area contributed by atoms with Crippen molar-refractivity contribution in [3.8, 4) is 22.5 Å². The minimum Gasteiger partial charge on any atom is -0.374 e. The first-order valence-electron chi connectivity index (χ1n) is 16.5. The molecular weight excluding hydrogens is 597 g/mol. The number of carbonyl (C=O) groups is 2. The van der Waals surface area contributed by atoms with Gasteiger partial charge in [0, 0.05) is 42.4 Å². The number of hydrogen-bond acceptors (Lipinski definition) is 7. The Kier molecular flexibility index (Phi) is 7.31. The Morgan fingerprint density at radius 2 is 1.87 bits per heavy atom. The van der Waals surface area contributed by atoms with Gasteiger partial charge >= 0.3 is 0 Å². The second-order valence-electron chi connectivity index (χ2n) is 13.5. The van der Waals surface area contributed by atoms with E-state index in [-0.39, 0.29) is 36.7 Å². The van der Waals surface area contributed by atoms with Crippen LogP contribution in [0.1, 0.15) is 49.1 Å². The van der Waals surface area contributed by atoms with E-state index in [9.17, 15) is 9.59 Å². The van der Waals surface area contributed by atoms with Gasteiger partial charge in [0.1, 0.15) is 18.2 Å². The lowest BCUT2D eigenvalue weighted by Crippen LogP contribution is -2.51. The lowest BCUT2D eigenvalue weighted by Gasteiger charge is -2.29. The molecule has 2 aliphatic carbocycles. The van der Waals surface area contributed by atoms with E-state index in [1.54, 1.807) is 6.33 Å². The third-order valence-corrected chi connectivity index (χ3v) is 10.1. The third kappa shape index (κ3) is 5.77. The predicted octanol–water partition coefficient (Wildman–Crippen LogP) is 4.95. The number of benzene rings is 2. The van der Waals surface area contributed by atoms with Crippen LogP contribution in [0.5, 0.6) is 0 Å². The second-order valence-corrected chi connectivity index (χ2v) is 13.5. The van der Waals surface area contributed by atoms with Gasteiger partial charge in [0.2, 0.25) is 5.91 Å². The van der Waals surface area contributed by atoms with Crippen molar-refractivity contribution in [2.24, 2.45) is 13.0 Å². The van der Waals surface area contributed by atoms with Crippen LogP contribution in [-0.2, 0) is 21.4 Å². The quantitative estimate of drug-likeness (QED) is 0.254. The number of amides is 2. The minimum atomic E-state index is -1.91. The summed E-state index contributed by atoms with van der Waals surface area (Å²) < 4.78 is 22.6. The molecule has 2 aromatic heterocycles. The SMILES string of the molecule is Cc1cnn(C)c1-c1ccc(NC(=O)[C@@H](NC(=O)C2(F)CC2)[C@@H](c2cccc(-c3cc(N4C[C@@H]5C[C@H]4CO5)ncn3)c2)C2CC2)cc1. The number of halogens is 1. The fourth-order valence-electron chi connectivity index (χ4n) is 7.26. The molecular formula is C36H38FN7O3. The first-order valence-corrected chi connectivity index (χ1v) is 16.5. The molecule has 2 aliphatic heterocycles. The molecule has 4 aliphatic rings. The summed E-state index contributed by atoms with van der Waals surface area (Å²) in [6.07, 6.45) is 6.87. The van der Waals surface area contributed by atoms with Crippen molar-refractivity contribution >= 4 is 23.3 Å². The Bertz CT molecular complexity index is 1810. The summed E-state index contributed by atoms with van der Waals surface area (Å²) in [7, 11) is 1.89. The van der Waals surface area contributed by atoms with Crippen molar-refractivity contribution in [3.63, 3.8) is 0 Å². The molecule has 2 amide bonds. The molecule has 10 nitrogen and oxygen atoms in total. The number of hydrogen-bond donors (Lipinski definition) is 2. The van der Waals surface area contributed by atoms with Crippen LogP contribution in [0.3, 0.4) is 0 Å². The summed E-state index contributed by atoms with van der Waals surface area (Å²) in [5, 5.41) is 10.2. The Balaban J connectivity index is 1.08. The number of carbonyl (C=O) groups excluding carboxylic acids is 2. The van der Waals surface area contributed by atoms with Crippen LogP contribution < -0.4 is 15.5 Å². The number of alkyl halides is 1. The number of fused-ring (bicyclic) bond motifs is 2. The topological polar surface area (TPSA) is 114 Å². The number of morpholine rings is 1. The van der Waals surface area contributed by atoms with Gasteiger partial charge in [-0.2, -0.15) is 5.10 Å². The second kappa shape index (κ2) is 11.6. The van der Waals surface area contributed by atoms with E-state index in [2.05, 4.69) is 30.6 Å². The summed E-state index contributed by atoms with van der Waals surface area (Å²) in [5.74, 6) is -0.379. The molecule has 4 fully saturated rings. The maximum atomic E-state index is 15.0. The molecule has 8 rings (SSSR count). The predicted molar refractivity (Wildman–Crippen MR) is 175 cm³/mol. The molecule has 242 valence electrons. The zero-order chi connectivity index (χ0) is 32.3. The van der Waals surface area contributed by atoms with Crippen molar-refractivity contribution in [3.05, 3.63) is 78.2 Å². The van der Waals surface area contributed by atoms with Crippen molar-refractivity contribution in [1.82, 2.24) is 25.1 Å². The Hall–Kier alpha value is -4.64. The summed E-state index contributed by atoms with van der Waals surface area (Å²) in [4.78, 5) is 38.6. The smallest absolute Gasteiger partial charge is 0.258 e. The van der Waals surface area contributed by atoms with Crippen LogP contribution in [0.4, 0.5) is 15.9 Å². The van der Waals surface area contributed by atoms with Gasteiger partial charge in [-0.25, -0.2) is 14.4 Å². The first-order chi connectivity index (χ1) is 22.8. The van der Waals surface area contributed by atoms with Gasteiger partial charge in [0.05, 0.1) is 36.3 Å². The van der Waals surface area contributed by atoms with E-state index in [0.29, 0.717) is 18.3 Å². The molecule has 2 bridgehead atoms. The van der Waals surface area contributed by atoms with Crippen molar-refractivity contribution in [2.75, 3.05) is 23.4 Å². The van der Waals surface area contributed by atoms with Gasteiger partial charge in [-0.15, -0.1) is 0 Å². The highest BCUT2D eigenvalue weighted by atomic mass is 19.1. The number of ether oxygens (including phenoxy) is 1. The van der Waals surface area contributed by atoms with Crippen LogP contribution in [0.15, 0.2) is 67.1 Å². The summed E-state index contributed by atoms with van der Waals surface area (Å²) in [6.45, 7) is 3.54. The average molecular weight is 636 g/mol. The van der Waals surface area contributed by atoms with Gasteiger partial charge < -0.3 is 20.3 Å². The van der Waals surface area contributed by atoms with E-state index in [0.717, 1.165) is 65.3 Å². The summed E-state index contributed by atoms with van der Waals surface area (Å²) in [5.41, 5.74) is 4.30. The Morgan fingerprint density at radius 3 is 2.53 bits per heavy atom. The molecule has 2 aromatic carbocycles. The molecule has 2 N–H and O–H groups in total. The van der Waals surface area contributed by atoms with Gasteiger partial charge in [-0.05, 0) is 74.3 Å². The molecule has 4 atom stereocenters. The first kappa shape index (κ1) is 29.7. The third-order valence-electron chi connectivity index (χ3n) is 10.1. The molecule has 4 heterocycles. The lowest BCUT2D eigenvalue weighted by molar-refractivity contribution is -0.131. The zero-order valence-corrected chi connectivity index (χ0v) is 26.5. The van der Waals surface area contributed by atoms with Gasteiger partial charge in [0.25, 0.3) is 5.91 Å². The van der Waals surface area contributed by atoms with Gasteiger partial charge in [-0.3, -0.25) is 14.3 Å². The molecule has 47 heavy (non-hydrogen) atoms. The molecule has 4 aromatic rings. The minimum absolute atomic E-state index is 0.173. The normalized spacial score (nSPS) is 22.1. The average Bonchev–Trinajstić information content (AvgIpc) is 3.94.